The second kappa shape index (κ2) is 9.83. The standard InChI is InChI=1S/C26H24N4O5S2/c1-17(31)18-4-7-20(8-5-18)29-10-12-30(13-11-29)24-16-22(26(32)33)21-15-19(6-9-23(21)27-24)28-37(34,35)25-3-2-14-36-25/h2-9,14-16,28H,10-13H2,1H3,(H,32,33). The third-order valence-electron chi connectivity index (χ3n) is 6.28. The smallest absolute Gasteiger partial charge is 0.336 e. The first kappa shape index (κ1) is 24.7. The van der Waals surface area contributed by atoms with E-state index in [0.29, 0.717) is 48.5 Å². The number of nitrogens with one attached hydrogen (secondary N) is 1. The minimum absolute atomic E-state index is 0.0278. The second-order valence-corrected chi connectivity index (χ2v) is 11.5. The van der Waals surface area contributed by atoms with Crippen molar-refractivity contribution < 1.29 is 23.1 Å². The molecule has 0 spiro atoms. The van der Waals surface area contributed by atoms with Crippen LogP contribution < -0.4 is 14.5 Å². The van der Waals surface area contributed by atoms with Gasteiger partial charge in [0.1, 0.15) is 10.0 Å². The van der Waals surface area contributed by atoms with Gasteiger partial charge in [-0.2, -0.15) is 0 Å². The van der Waals surface area contributed by atoms with E-state index in [-0.39, 0.29) is 21.2 Å². The third-order valence-corrected chi connectivity index (χ3v) is 9.06. The van der Waals surface area contributed by atoms with Gasteiger partial charge in [-0.25, -0.2) is 18.2 Å². The van der Waals surface area contributed by atoms with Crippen molar-refractivity contribution >= 4 is 61.2 Å². The normalized spacial score (nSPS) is 14.1. The molecule has 4 aromatic rings. The van der Waals surface area contributed by atoms with Crippen molar-refractivity contribution in [3.63, 3.8) is 0 Å². The molecule has 190 valence electrons. The Kier molecular flexibility index (Phi) is 6.57. The topological polar surface area (TPSA) is 120 Å². The highest BCUT2D eigenvalue weighted by molar-refractivity contribution is 7.94. The predicted octanol–water partition coefficient (Wildman–Crippen LogP) is 4.32. The van der Waals surface area contributed by atoms with Gasteiger partial charge in [-0.15, -0.1) is 11.3 Å². The molecule has 1 aliphatic rings. The van der Waals surface area contributed by atoms with Crippen molar-refractivity contribution in [1.82, 2.24) is 4.98 Å². The molecule has 0 saturated carbocycles. The van der Waals surface area contributed by atoms with Gasteiger partial charge < -0.3 is 14.9 Å². The number of aromatic carboxylic acids is 1. The van der Waals surface area contributed by atoms with Crippen molar-refractivity contribution in [3.05, 3.63) is 77.2 Å². The van der Waals surface area contributed by atoms with E-state index in [1.807, 2.05) is 29.2 Å². The second-order valence-electron chi connectivity index (χ2n) is 8.68. The van der Waals surface area contributed by atoms with Crippen LogP contribution in [-0.2, 0) is 10.0 Å². The number of anilines is 3. The number of rotatable bonds is 7. The fourth-order valence-electron chi connectivity index (χ4n) is 4.34. The Morgan fingerprint density at radius 3 is 2.30 bits per heavy atom. The maximum atomic E-state index is 12.6. The number of Topliss-reactive ketones (excluding diaryl/α,β-unsaturated/α-hetero) is 1. The number of carboxylic acids is 1. The monoisotopic (exact) mass is 536 g/mol. The molecular formula is C26H24N4O5S2. The number of thiophene rings is 1. The number of sulfonamides is 1. The van der Waals surface area contributed by atoms with Crippen molar-refractivity contribution in [2.75, 3.05) is 40.7 Å². The molecule has 1 saturated heterocycles. The lowest BCUT2D eigenvalue weighted by Gasteiger charge is -2.37. The molecule has 3 heterocycles. The minimum Gasteiger partial charge on any atom is -0.478 e. The average molecular weight is 537 g/mol. The lowest BCUT2D eigenvalue weighted by atomic mass is 10.1. The number of hydrogen-bond donors (Lipinski definition) is 2. The third kappa shape index (κ3) is 5.13. The van der Waals surface area contributed by atoms with Crippen LogP contribution in [0.4, 0.5) is 17.2 Å². The first-order valence-corrected chi connectivity index (χ1v) is 13.9. The number of fused-ring (bicyclic) bond motifs is 1. The largest absolute Gasteiger partial charge is 0.478 e. The number of carboxylic acid groups (broad SMARTS) is 1. The maximum Gasteiger partial charge on any atom is 0.336 e. The number of nitrogens with zero attached hydrogens (tertiary/aromatic N) is 3. The van der Waals surface area contributed by atoms with E-state index in [9.17, 15) is 23.1 Å². The van der Waals surface area contributed by atoms with E-state index in [0.717, 1.165) is 17.0 Å². The zero-order valence-electron chi connectivity index (χ0n) is 19.9. The van der Waals surface area contributed by atoms with Gasteiger partial charge in [-0.05, 0) is 66.9 Å². The van der Waals surface area contributed by atoms with Crippen molar-refractivity contribution in [2.24, 2.45) is 0 Å². The van der Waals surface area contributed by atoms with E-state index in [4.69, 9.17) is 0 Å². The molecule has 2 aromatic heterocycles. The van der Waals surface area contributed by atoms with Crippen LogP contribution >= 0.6 is 11.3 Å². The summed E-state index contributed by atoms with van der Waals surface area (Å²) in [7, 11) is -3.76. The number of piperazine rings is 1. The average Bonchev–Trinajstić information content (AvgIpc) is 3.44. The molecule has 37 heavy (non-hydrogen) atoms. The van der Waals surface area contributed by atoms with Crippen LogP contribution in [-0.4, -0.2) is 56.4 Å². The van der Waals surface area contributed by atoms with E-state index >= 15 is 0 Å². The molecule has 2 N–H and O–H groups in total. The van der Waals surface area contributed by atoms with Gasteiger partial charge >= 0.3 is 5.97 Å². The van der Waals surface area contributed by atoms with Crippen molar-refractivity contribution in [1.29, 1.82) is 0 Å². The van der Waals surface area contributed by atoms with Gasteiger partial charge in [-0.3, -0.25) is 9.52 Å². The van der Waals surface area contributed by atoms with E-state index < -0.39 is 16.0 Å². The summed E-state index contributed by atoms with van der Waals surface area (Å²) in [6.45, 7) is 4.26. The Labute approximate surface area is 218 Å². The number of carbonyl (C=O) groups is 2. The molecule has 2 aromatic carbocycles. The summed E-state index contributed by atoms with van der Waals surface area (Å²) in [5.74, 6) is -0.528. The summed E-state index contributed by atoms with van der Waals surface area (Å²) in [4.78, 5) is 32.6. The lowest BCUT2D eigenvalue weighted by Crippen LogP contribution is -2.46. The van der Waals surface area contributed by atoms with Gasteiger partial charge in [0.25, 0.3) is 10.0 Å². The Hall–Kier alpha value is -3.96. The number of aromatic nitrogens is 1. The zero-order valence-corrected chi connectivity index (χ0v) is 21.6. The highest BCUT2D eigenvalue weighted by atomic mass is 32.2. The molecule has 0 atom stereocenters. The molecule has 1 fully saturated rings. The molecule has 11 heteroatoms. The Morgan fingerprint density at radius 1 is 0.973 bits per heavy atom. The van der Waals surface area contributed by atoms with Crippen LogP contribution in [0.3, 0.4) is 0 Å². The molecule has 1 aliphatic heterocycles. The van der Waals surface area contributed by atoms with Crippen LogP contribution in [0.5, 0.6) is 0 Å². The molecule has 0 amide bonds. The highest BCUT2D eigenvalue weighted by Gasteiger charge is 2.22. The summed E-state index contributed by atoms with van der Waals surface area (Å²) in [6, 6.07) is 16.9. The summed E-state index contributed by atoms with van der Waals surface area (Å²) in [6.07, 6.45) is 0. The molecule has 0 bridgehead atoms. The minimum atomic E-state index is -3.76. The Morgan fingerprint density at radius 2 is 1.68 bits per heavy atom. The number of carbonyl (C=O) groups excluding carboxylic acids is 1. The number of pyridine rings is 1. The summed E-state index contributed by atoms with van der Waals surface area (Å²) in [5.41, 5.74) is 2.49. The summed E-state index contributed by atoms with van der Waals surface area (Å²) >= 11 is 1.10. The lowest BCUT2D eigenvalue weighted by molar-refractivity contribution is 0.0698. The van der Waals surface area contributed by atoms with Crippen molar-refractivity contribution in [3.8, 4) is 0 Å². The first-order chi connectivity index (χ1) is 17.7. The molecule has 0 aliphatic carbocycles. The van der Waals surface area contributed by atoms with Gasteiger partial charge in [0.2, 0.25) is 0 Å². The van der Waals surface area contributed by atoms with E-state index in [1.165, 1.54) is 12.1 Å². The van der Waals surface area contributed by atoms with Crippen LogP contribution in [0.1, 0.15) is 27.6 Å². The van der Waals surface area contributed by atoms with Crippen molar-refractivity contribution in [2.45, 2.75) is 11.1 Å². The van der Waals surface area contributed by atoms with Crippen LogP contribution in [0.25, 0.3) is 10.9 Å². The quantitative estimate of drug-likeness (QED) is 0.335. The fraction of sp³-hybridized carbons (Fsp3) is 0.192. The number of hydrogen-bond acceptors (Lipinski definition) is 8. The first-order valence-electron chi connectivity index (χ1n) is 11.6. The highest BCUT2D eigenvalue weighted by Crippen LogP contribution is 2.29. The van der Waals surface area contributed by atoms with Gasteiger partial charge in [0.15, 0.2) is 5.78 Å². The predicted molar refractivity (Wildman–Crippen MR) is 145 cm³/mol. The molecule has 9 nitrogen and oxygen atoms in total. The Balaban J connectivity index is 1.37. The van der Waals surface area contributed by atoms with Gasteiger partial charge in [0.05, 0.1) is 11.1 Å². The molecule has 5 rings (SSSR count). The molecule has 0 radical (unpaired) electrons. The summed E-state index contributed by atoms with van der Waals surface area (Å²) in [5, 5.41) is 11.9. The van der Waals surface area contributed by atoms with E-state index in [1.54, 1.807) is 36.6 Å². The molecule has 0 unspecified atom stereocenters. The number of benzene rings is 2. The van der Waals surface area contributed by atoms with Crippen LogP contribution in [0, 0.1) is 0 Å². The SMILES string of the molecule is CC(=O)c1ccc(N2CCN(c3cc(C(=O)O)c4cc(NS(=O)(=O)c5cccs5)ccc4n3)CC2)cc1. The molecular weight excluding hydrogens is 512 g/mol. The van der Waals surface area contributed by atoms with Crippen LogP contribution in [0.15, 0.2) is 70.3 Å². The zero-order chi connectivity index (χ0) is 26.2. The summed E-state index contributed by atoms with van der Waals surface area (Å²) < 4.78 is 27.9. The maximum absolute atomic E-state index is 12.6. The number of ketones is 1. The van der Waals surface area contributed by atoms with Gasteiger partial charge in [-0.1, -0.05) is 6.07 Å². The fourth-order valence-corrected chi connectivity index (χ4v) is 6.38. The Bertz CT molecular complexity index is 1580. The van der Waals surface area contributed by atoms with Gasteiger partial charge in [0, 0.05) is 48.5 Å². The van der Waals surface area contributed by atoms with E-state index in [2.05, 4.69) is 14.6 Å². The van der Waals surface area contributed by atoms with Crippen LogP contribution in [0.2, 0.25) is 0 Å².